The van der Waals surface area contributed by atoms with E-state index in [1.54, 1.807) is 12.1 Å². The van der Waals surface area contributed by atoms with Crippen LogP contribution >= 0.6 is 0 Å². The maximum Gasteiger partial charge on any atom is 0.243 e. The van der Waals surface area contributed by atoms with E-state index in [2.05, 4.69) is 0 Å². The van der Waals surface area contributed by atoms with E-state index in [0.717, 1.165) is 18.5 Å². The molecule has 1 aromatic rings. The van der Waals surface area contributed by atoms with Crippen molar-refractivity contribution in [2.24, 2.45) is 5.73 Å². The van der Waals surface area contributed by atoms with Crippen LogP contribution in [0.25, 0.3) is 0 Å². The Morgan fingerprint density at radius 1 is 1.16 bits per heavy atom. The third kappa shape index (κ3) is 3.08. The van der Waals surface area contributed by atoms with Crippen molar-refractivity contribution in [1.29, 1.82) is 0 Å². The van der Waals surface area contributed by atoms with Gasteiger partial charge in [0.05, 0.1) is 4.90 Å². The number of rotatable bonds is 3. The summed E-state index contributed by atoms with van der Waals surface area (Å²) >= 11 is 0. The molecule has 0 atom stereocenters. The van der Waals surface area contributed by atoms with Crippen LogP contribution < -0.4 is 10.6 Å². The highest BCUT2D eigenvalue weighted by Gasteiger charge is 2.28. The van der Waals surface area contributed by atoms with Gasteiger partial charge in [0.25, 0.3) is 0 Å². The van der Waals surface area contributed by atoms with Crippen molar-refractivity contribution in [3.63, 3.8) is 0 Å². The van der Waals surface area contributed by atoms with Gasteiger partial charge in [-0.3, -0.25) is 0 Å². The fourth-order valence-corrected chi connectivity index (χ4v) is 3.65. The minimum absolute atomic E-state index is 0.127. The van der Waals surface area contributed by atoms with Crippen LogP contribution in [0.15, 0.2) is 29.2 Å². The number of piperidine rings is 1. The van der Waals surface area contributed by atoms with Crippen LogP contribution in [0.2, 0.25) is 0 Å². The molecule has 106 valence electrons. The van der Waals surface area contributed by atoms with Crippen molar-refractivity contribution in [3.05, 3.63) is 24.3 Å². The van der Waals surface area contributed by atoms with Gasteiger partial charge >= 0.3 is 0 Å². The molecule has 0 bridgehead atoms. The van der Waals surface area contributed by atoms with Crippen LogP contribution in [0.5, 0.6) is 0 Å². The maximum atomic E-state index is 12.4. The molecule has 0 spiro atoms. The van der Waals surface area contributed by atoms with Crippen molar-refractivity contribution < 1.29 is 8.42 Å². The Labute approximate surface area is 115 Å². The SMILES string of the molecule is CN(C)c1ccc(S(=O)(=O)N2CCC(N)CC2)cc1. The number of anilines is 1. The largest absolute Gasteiger partial charge is 0.378 e. The summed E-state index contributed by atoms with van der Waals surface area (Å²) in [5.41, 5.74) is 6.79. The summed E-state index contributed by atoms with van der Waals surface area (Å²) in [5, 5.41) is 0. The molecule has 6 heteroatoms. The summed E-state index contributed by atoms with van der Waals surface area (Å²) in [6.07, 6.45) is 1.46. The molecule has 0 aliphatic carbocycles. The predicted octanol–water partition coefficient (Wildman–Crippen LogP) is 0.864. The van der Waals surface area contributed by atoms with Crippen LogP contribution in [-0.4, -0.2) is 45.9 Å². The Hall–Kier alpha value is -1.11. The molecule has 5 nitrogen and oxygen atoms in total. The van der Waals surface area contributed by atoms with Gasteiger partial charge in [-0.05, 0) is 37.1 Å². The van der Waals surface area contributed by atoms with E-state index >= 15 is 0 Å². The summed E-state index contributed by atoms with van der Waals surface area (Å²) in [7, 11) is 0.484. The van der Waals surface area contributed by atoms with Gasteiger partial charge in [-0.2, -0.15) is 4.31 Å². The second kappa shape index (κ2) is 5.48. The predicted molar refractivity (Wildman–Crippen MR) is 76.7 cm³/mol. The lowest BCUT2D eigenvalue weighted by molar-refractivity contribution is 0.320. The standard InChI is InChI=1S/C13H21N3O2S/c1-15(2)12-3-5-13(6-4-12)19(17,18)16-9-7-11(14)8-10-16/h3-6,11H,7-10,14H2,1-2H3. The maximum absolute atomic E-state index is 12.4. The smallest absolute Gasteiger partial charge is 0.243 e. The Bertz CT molecular complexity index is 517. The Kier molecular flexibility index (Phi) is 4.13. The normalized spacial score (nSPS) is 18.5. The van der Waals surface area contributed by atoms with Crippen molar-refractivity contribution >= 4 is 15.7 Å². The van der Waals surface area contributed by atoms with Gasteiger partial charge in [0.2, 0.25) is 10.0 Å². The molecule has 0 unspecified atom stereocenters. The first-order valence-corrected chi connectivity index (χ1v) is 7.88. The molecule has 0 aromatic heterocycles. The first-order chi connectivity index (χ1) is 8.91. The van der Waals surface area contributed by atoms with E-state index in [4.69, 9.17) is 5.73 Å². The zero-order valence-corrected chi connectivity index (χ0v) is 12.2. The lowest BCUT2D eigenvalue weighted by Crippen LogP contribution is -2.42. The van der Waals surface area contributed by atoms with Gasteiger partial charge in [-0.25, -0.2) is 8.42 Å². The molecular weight excluding hydrogens is 262 g/mol. The lowest BCUT2D eigenvalue weighted by atomic mass is 10.1. The number of hydrogen-bond donors (Lipinski definition) is 1. The summed E-state index contributed by atoms with van der Waals surface area (Å²) < 4.78 is 26.4. The molecule has 0 saturated carbocycles. The quantitative estimate of drug-likeness (QED) is 0.893. The fraction of sp³-hybridized carbons (Fsp3) is 0.538. The fourth-order valence-electron chi connectivity index (χ4n) is 2.18. The molecule has 19 heavy (non-hydrogen) atoms. The second-order valence-electron chi connectivity index (χ2n) is 5.13. The van der Waals surface area contributed by atoms with E-state index in [1.165, 1.54) is 4.31 Å². The van der Waals surface area contributed by atoms with Gasteiger partial charge in [0.1, 0.15) is 0 Å². The highest BCUT2D eigenvalue weighted by atomic mass is 32.2. The minimum atomic E-state index is -3.37. The third-order valence-electron chi connectivity index (χ3n) is 3.49. The topological polar surface area (TPSA) is 66.6 Å². The number of nitrogens with two attached hydrogens (primary N) is 1. The molecule has 1 fully saturated rings. The lowest BCUT2D eigenvalue weighted by Gasteiger charge is -2.29. The number of nitrogens with zero attached hydrogens (tertiary/aromatic N) is 2. The van der Waals surface area contributed by atoms with E-state index in [1.807, 2.05) is 31.1 Å². The molecule has 1 aromatic carbocycles. The Balaban J connectivity index is 2.19. The van der Waals surface area contributed by atoms with Crippen molar-refractivity contribution in [2.45, 2.75) is 23.8 Å². The molecule has 0 amide bonds. The minimum Gasteiger partial charge on any atom is -0.378 e. The first-order valence-electron chi connectivity index (χ1n) is 6.44. The Morgan fingerprint density at radius 2 is 1.68 bits per heavy atom. The monoisotopic (exact) mass is 283 g/mol. The van der Waals surface area contributed by atoms with Gasteiger partial charge in [0.15, 0.2) is 0 Å². The molecule has 2 N–H and O–H groups in total. The second-order valence-corrected chi connectivity index (χ2v) is 7.07. The van der Waals surface area contributed by atoms with E-state index in [9.17, 15) is 8.42 Å². The van der Waals surface area contributed by atoms with Gasteiger partial charge in [-0.15, -0.1) is 0 Å². The summed E-state index contributed by atoms with van der Waals surface area (Å²) in [6.45, 7) is 1.03. The molecular formula is C13H21N3O2S. The highest BCUT2D eigenvalue weighted by Crippen LogP contribution is 2.22. The van der Waals surface area contributed by atoms with E-state index in [0.29, 0.717) is 18.0 Å². The number of sulfonamides is 1. The van der Waals surface area contributed by atoms with Crippen LogP contribution in [-0.2, 0) is 10.0 Å². The highest BCUT2D eigenvalue weighted by molar-refractivity contribution is 7.89. The molecule has 1 heterocycles. The number of benzene rings is 1. The molecule has 1 aliphatic rings. The summed E-state index contributed by atoms with van der Waals surface area (Å²) in [5.74, 6) is 0. The van der Waals surface area contributed by atoms with Crippen molar-refractivity contribution in [2.75, 3.05) is 32.1 Å². The van der Waals surface area contributed by atoms with Crippen molar-refractivity contribution in [1.82, 2.24) is 4.31 Å². The van der Waals surface area contributed by atoms with Crippen LogP contribution in [0.3, 0.4) is 0 Å². The van der Waals surface area contributed by atoms with Crippen LogP contribution in [0.1, 0.15) is 12.8 Å². The average Bonchev–Trinajstić information content (AvgIpc) is 2.39. The van der Waals surface area contributed by atoms with E-state index in [-0.39, 0.29) is 6.04 Å². The van der Waals surface area contributed by atoms with Gasteiger partial charge in [-0.1, -0.05) is 0 Å². The number of hydrogen-bond acceptors (Lipinski definition) is 4. The van der Waals surface area contributed by atoms with Crippen molar-refractivity contribution in [3.8, 4) is 0 Å². The summed E-state index contributed by atoms with van der Waals surface area (Å²) in [6, 6.07) is 7.10. The molecule has 1 saturated heterocycles. The molecule has 0 radical (unpaired) electrons. The average molecular weight is 283 g/mol. The van der Waals surface area contributed by atoms with E-state index < -0.39 is 10.0 Å². The third-order valence-corrected chi connectivity index (χ3v) is 5.40. The van der Waals surface area contributed by atoms with Crippen LogP contribution in [0.4, 0.5) is 5.69 Å². The molecule has 2 rings (SSSR count). The molecule has 1 aliphatic heterocycles. The first kappa shape index (κ1) is 14.3. The Morgan fingerprint density at radius 3 is 2.16 bits per heavy atom. The van der Waals surface area contributed by atoms with Gasteiger partial charge in [0, 0.05) is 38.9 Å². The zero-order chi connectivity index (χ0) is 14.0. The zero-order valence-electron chi connectivity index (χ0n) is 11.4. The van der Waals surface area contributed by atoms with Crippen LogP contribution in [0, 0.1) is 0 Å². The van der Waals surface area contributed by atoms with Gasteiger partial charge < -0.3 is 10.6 Å². The summed E-state index contributed by atoms with van der Waals surface area (Å²) in [4.78, 5) is 2.30.